The molecule has 0 radical (unpaired) electrons. The van der Waals surface area contributed by atoms with Crippen molar-refractivity contribution in [2.24, 2.45) is 13.0 Å². The largest absolute Gasteiger partial charge is 0.481 e. The lowest BCUT2D eigenvalue weighted by molar-refractivity contribution is -0.141. The number of aryl methyl sites for hydroxylation is 1. The quantitative estimate of drug-likeness (QED) is 0.895. The van der Waals surface area contributed by atoms with E-state index in [1.165, 1.54) is 0 Å². The standard InChI is InChI=1S/C17H17BrN2O3/c1-19-8-12(18)7-15(19)16(21)20-9-13(14(10-20)17(22)23)11-5-3-2-4-6-11/h2-8,13-14H,9-10H2,1H3,(H,22,23)/t13-,14-/m0/s1. The van der Waals surface area contributed by atoms with Gasteiger partial charge in [-0.15, -0.1) is 0 Å². The summed E-state index contributed by atoms with van der Waals surface area (Å²) in [6.45, 7) is 0.652. The molecular formula is C17H17BrN2O3. The maximum Gasteiger partial charge on any atom is 0.308 e. The molecule has 1 N–H and O–H groups in total. The van der Waals surface area contributed by atoms with Gasteiger partial charge in [0.05, 0.1) is 5.92 Å². The number of carboxylic acids is 1. The molecule has 0 saturated carbocycles. The Kier molecular flexibility index (Phi) is 4.26. The van der Waals surface area contributed by atoms with Crippen LogP contribution in [0.25, 0.3) is 0 Å². The average Bonchev–Trinajstić information content (AvgIpc) is 3.11. The van der Waals surface area contributed by atoms with Crippen LogP contribution in [-0.2, 0) is 11.8 Å². The minimum atomic E-state index is -0.859. The highest BCUT2D eigenvalue weighted by molar-refractivity contribution is 9.10. The van der Waals surface area contributed by atoms with Crippen molar-refractivity contribution in [2.45, 2.75) is 5.92 Å². The first kappa shape index (κ1) is 15.8. The Morgan fingerprint density at radius 2 is 1.91 bits per heavy atom. The number of nitrogens with zero attached hydrogens (tertiary/aromatic N) is 2. The average molecular weight is 377 g/mol. The number of halogens is 1. The van der Waals surface area contributed by atoms with Crippen LogP contribution in [0.15, 0.2) is 47.1 Å². The zero-order chi connectivity index (χ0) is 16.6. The minimum absolute atomic E-state index is 0.136. The van der Waals surface area contributed by atoms with E-state index in [1.807, 2.05) is 36.5 Å². The Morgan fingerprint density at radius 3 is 2.48 bits per heavy atom. The van der Waals surface area contributed by atoms with E-state index < -0.39 is 11.9 Å². The van der Waals surface area contributed by atoms with E-state index in [-0.39, 0.29) is 18.4 Å². The topological polar surface area (TPSA) is 62.5 Å². The monoisotopic (exact) mass is 376 g/mol. The second-order valence-corrected chi connectivity index (χ2v) is 6.74. The van der Waals surface area contributed by atoms with Gasteiger partial charge in [0, 0.05) is 36.7 Å². The first-order chi connectivity index (χ1) is 11.0. The molecule has 1 aromatic carbocycles. The fraction of sp³-hybridized carbons (Fsp3) is 0.294. The van der Waals surface area contributed by atoms with Crippen molar-refractivity contribution < 1.29 is 14.7 Å². The number of hydrogen-bond acceptors (Lipinski definition) is 2. The zero-order valence-electron chi connectivity index (χ0n) is 12.6. The summed E-state index contributed by atoms with van der Waals surface area (Å²) in [4.78, 5) is 26.0. The van der Waals surface area contributed by atoms with E-state index in [1.54, 1.807) is 22.6 Å². The predicted octanol–water partition coefficient (Wildman–Crippen LogP) is 2.73. The van der Waals surface area contributed by atoms with E-state index in [9.17, 15) is 14.7 Å². The highest BCUT2D eigenvalue weighted by Crippen LogP contribution is 2.33. The molecule has 1 aliphatic rings. The molecule has 1 fully saturated rings. The molecule has 0 unspecified atom stereocenters. The first-order valence-corrected chi connectivity index (χ1v) is 8.15. The highest BCUT2D eigenvalue weighted by atomic mass is 79.9. The van der Waals surface area contributed by atoms with Gasteiger partial charge in [0.2, 0.25) is 0 Å². The summed E-state index contributed by atoms with van der Waals surface area (Å²) >= 11 is 3.36. The number of carbonyl (C=O) groups is 2. The molecule has 0 bridgehead atoms. The lowest BCUT2D eigenvalue weighted by Crippen LogP contribution is -2.31. The summed E-state index contributed by atoms with van der Waals surface area (Å²) in [6, 6.07) is 11.3. The number of carbonyl (C=O) groups excluding carboxylic acids is 1. The smallest absolute Gasteiger partial charge is 0.308 e. The first-order valence-electron chi connectivity index (χ1n) is 7.36. The van der Waals surface area contributed by atoms with Crippen LogP contribution in [-0.4, -0.2) is 39.5 Å². The normalized spacial score (nSPS) is 20.7. The third-order valence-electron chi connectivity index (χ3n) is 4.34. The number of aliphatic carboxylic acids is 1. The fourth-order valence-corrected chi connectivity index (χ4v) is 3.68. The van der Waals surface area contributed by atoms with Gasteiger partial charge < -0.3 is 14.6 Å². The van der Waals surface area contributed by atoms with E-state index in [0.29, 0.717) is 12.2 Å². The van der Waals surface area contributed by atoms with Crippen molar-refractivity contribution in [1.29, 1.82) is 0 Å². The molecule has 2 aromatic rings. The number of hydrogen-bond donors (Lipinski definition) is 1. The Labute approximate surface area is 142 Å². The van der Waals surface area contributed by atoms with Gasteiger partial charge in [0.25, 0.3) is 5.91 Å². The molecule has 1 saturated heterocycles. The molecule has 1 aliphatic heterocycles. The van der Waals surface area contributed by atoms with E-state index >= 15 is 0 Å². The maximum absolute atomic E-state index is 12.7. The van der Waals surface area contributed by atoms with Gasteiger partial charge in [0.1, 0.15) is 5.69 Å². The number of amides is 1. The molecule has 0 aliphatic carbocycles. The lowest BCUT2D eigenvalue weighted by Gasteiger charge is -2.17. The van der Waals surface area contributed by atoms with Crippen molar-refractivity contribution in [3.8, 4) is 0 Å². The molecule has 1 aromatic heterocycles. The zero-order valence-corrected chi connectivity index (χ0v) is 14.2. The van der Waals surface area contributed by atoms with E-state index in [0.717, 1.165) is 10.0 Å². The number of rotatable bonds is 3. The van der Waals surface area contributed by atoms with Crippen LogP contribution in [0.1, 0.15) is 22.0 Å². The third-order valence-corrected chi connectivity index (χ3v) is 4.78. The van der Waals surface area contributed by atoms with Crippen molar-refractivity contribution in [1.82, 2.24) is 9.47 Å². The third kappa shape index (κ3) is 3.03. The number of aromatic nitrogens is 1. The van der Waals surface area contributed by atoms with Crippen LogP contribution < -0.4 is 0 Å². The van der Waals surface area contributed by atoms with E-state index in [2.05, 4.69) is 15.9 Å². The number of likely N-dealkylation sites (tertiary alicyclic amines) is 1. The molecule has 3 rings (SSSR count). The minimum Gasteiger partial charge on any atom is -0.481 e. The number of carboxylic acid groups (broad SMARTS) is 1. The Balaban J connectivity index is 1.87. The summed E-state index contributed by atoms with van der Waals surface area (Å²) in [5.41, 5.74) is 1.51. The van der Waals surface area contributed by atoms with Gasteiger partial charge in [-0.2, -0.15) is 0 Å². The molecule has 0 spiro atoms. The molecular weight excluding hydrogens is 360 g/mol. The van der Waals surface area contributed by atoms with Crippen LogP contribution in [0, 0.1) is 5.92 Å². The number of benzene rings is 1. The molecule has 2 heterocycles. The van der Waals surface area contributed by atoms with Gasteiger partial charge in [-0.1, -0.05) is 30.3 Å². The fourth-order valence-electron chi connectivity index (χ4n) is 3.16. The van der Waals surface area contributed by atoms with Gasteiger partial charge >= 0.3 is 5.97 Å². The van der Waals surface area contributed by atoms with Crippen molar-refractivity contribution in [2.75, 3.05) is 13.1 Å². The summed E-state index contributed by atoms with van der Waals surface area (Å²) in [5, 5.41) is 9.52. The summed E-state index contributed by atoms with van der Waals surface area (Å²) in [5.74, 6) is -1.75. The molecule has 23 heavy (non-hydrogen) atoms. The highest BCUT2D eigenvalue weighted by Gasteiger charge is 2.41. The molecule has 5 nitrogen and oxygen atoms in total. The summed E-state index contributed by atoms with van der Waals surface area (Å²) in [6.07, 6.45) is 1.81. The SMILES string of the molecule is Cn1cc(Br)cc1C(=O)N1C[C@H](C(=O)O)[C@H](c2ccccc2)C1. The van der Waals surface area contributed by atoms with Crippen molar-refractivity contribution in [3.05, 3.63) is 58.3 Å². The molecule has 120 valence electrons. The second-order valence-electron chi connectivity index (χ2n) is 5.83. The molecule has 6 heteroatoms. The van der Waals surface area contributed by atoms with Crippen molar-refractivity contribution >= 4 is 27.8 Å². The van der Waals surface area contributed by atoms with Gasteiger partial charge in [0.15, 0.2) is 0 Å². The Morgan fingerprint density at radius 1 is 1.22 bits per heavy atom. The van der Waals surface area contributed by atoms with Crippen LogP contribution in [0.2, 0.25) is 0 Å². The molecule has 2 atom stereocenters. The van der Waals surface area contributed by atoms with Gasteiger partial charge in [-0.3, -0.25) is 9.59 Å². The van der Waals surface area contributed by atoms with Crippen LogP contribution in [0.4, 0.5) is 0 Å². The summed E-state index contributed by atoms with van der Waals surface area (Å²) < 4.78 is 2.58. The summed E-state index contributed by atoms with van der Waals surface area (Å²) in [7, 11) is 1.80. The van der Waals surface area contributed by atoms with Crippen LogP contribution >= 0.6 is 15.9 Å². The van der Waals surface area contributed by atoms with Gasteiger partial charge in [-0.25, -0.2) is 0 Å². The lowest BCUT2D eigenvalue weighted by atomic mass is 9.89. The molecule has 1 amide bonds. The van der Waals surface area contributed by atoms with Crippen LogP contribution in [0.5, 0.6) is 0 Å². The second kappa shape index (κ2) is 6.20. The predicted molar refractivity (Wildman–Crippen MR) is 89.3 cm³/mol. The van der Waals surface area contributed by atoms with E-state index in [4.69, 9.17) is 0 Å². The Hall–Kier alpha value is -2.08. The van der Waals surface area contributed by atoms with Crippen molar-refractivity contribution in [3.63, 3.8) is 0 Å². The Bertz CT molecular complexity index is 742. The van der Waals surface area contributed by atoms with Crippen LogP contribution in [0.3, 0.4) is 0 Å². The maximum atomic E-state index is 12.7. The van der Waals surface area contributed by atoms with Gasteiger partial charge in [-0.05, 0) is 27.6 Å².